The highest BCUT2D eigenvalue weighted by Crippen LogP contribution is 2.37. The number of thiophene rings is 1. The van der Waals surface area contributed by atoms with Crippen LogP contribution in [0.4, 0.5) is 0 Å². The van der Waals surface area contributed by atoms with Crippen molar-refractivity contribution in [2.75, 3.05) is 20.3 Å². The average molecular weight is 370 g/mol. The Kier molecular flexibility index (Phi) is 4.38. The summed E-state index contributed by atoms with van der Waals surface area (Å²) in [7, 11) is 1.76. The zero-order chi connectivity index (χ0) is 18.1. The highest BCUT2D eigenvalue weighted by atomic mass is 32.1. The molecule has 0 atom stereocenters. The molecule has 1 aromatic carbocycles. The Morgan fingerprint density at radius 2 is 1.96 bits per heavy atom. The Balaban J connectivity index is 1.51. The number of aromatic nitrogens is 1. The van der Waals surface area contributed by atoms with Gasteiger partial charge in [0.15, 0.2) is 11.5 Å². The predicted octanol–water partition coefficient (Wildman–Crippen LogP) is 3.75. The van der Waals surface area contributed by atoms with Crippen molar-refractivity contribution in [3.8, 4) is 21.9 Å². The van der Waals surface area contributed by atoms with Crippen LogP contribution in [0.2, 0.25) is 0 Å². The maximum absolute atomic E-state index is 12.7. The normalized spacial score (nSPS) is 12.8. The topological polar surface area (TPSA) is 64.8 Å². The summed E-state index contributed by atoms with van der Waals surface area (Å²) in [6.07, 6.45) is 0. The smallest absolute Gasteiger partial charge is 0.264 e. The van der Waals surface area contributed by atoms with E-state index in [1.807, 2.05) is 43.3 Å². The van der Waals surface area contributed by atoms with Crippen LogP contribution in [0.3, 0.4) is 0 Å². The first-order valence-electron chi connectivity index (χ1n) is 8.27. The van der Waals surface area contributed by atoms with Crippen LogP contribution in [0, 0.1) is 6.92 Å². The number of carbonyl (C=O) groups is 1. The van der Waals surface area contributed by atoms with Crippen molar-refractivity contribution in [3.05, 3.63) is 52.7 Å². The quantitative estimate of drug-likeness (QED) is 0.700. The minimum atomic E-state index is -0.0422. The number of carbonyl (C=O) groups excluding carboxylic acids is 1. The monoisotopic (exact) mass is 370 g/mol. The Hall–Kier alpha value is -2.80. The molecule has 26 heavy (non-hydrogen) atoms. The molecular weight excluding hydrogens is 352 g/mol. The summed E-state index contributed by atoms with van der Waals surface area (Å²) in [5, 5.41) is 3.93. The van der Waals surface area contributed by atoms with Gasteiger partial charge in [0.05, 0.1) is 11.4 Å². The maximum atomic E-state index is 12.7. The van der Waals surface area contributed by atoms with Gasteiger partial charge in [-0.05, 0) is 42.8 Å². The number of nitrogens with zero attached hydrogens (tertiary/aromatic N) is 2. The third-order valence-electron chi connectivity index (χ3n) is 4.07. The van der Waals surface area contributed by atoms with E-state index in [2.05, 4.69) is 5.16 Å². The Labute approximate surface area is 154 Å². The standard InChI is InChI=1S/C19H18N2O4S/c1-12-9-14(20-25-12)11-21(2)19(22)18-6-5-17(26-18)13-3-4-15-16(10-13)24-8-7-23-15/h3-6,9-10H,7-8,11H2,1-2H3. The van der Waals surface area contributed by atoms with Crippen LogP contribution in [-0.4, -0.2) is 36.2 Å². The molecule has 0 saturated heterocycles. The highest BCUT2D eigenvalue weighted by molar-refractivity contribution is 7.17. The van der Waals surface area contributed by atoms with Crippen LogP contribution in [0.1, 0.15) is 21.1 Å². The fourth-order valence-electron chi connectivity index (χ4n) is 2.80. The van der Waals surface area contributed by atoms with E-state index in [1.54, 1.807) is 11.9 Å². The maximum Gasteiger partial charge on any atom is 0.264 e. The molecule has 3 heterocycles. The highest BCUT2D eigenvalue weighted by Gasteiger charge is 2.18. The van der Waals surface area contributed by atoms with Crippen LogP contribution in [0.15, 0.2) is 40.9 Å². The fourth-order valence-corrected chi connectivity index (χ4v) is 3.80. The van der Waals surface area contributed by atoms with E-state index in [0.29, 0.717) is 24.6 Å². The van der Waals surface area contributed by atoms with E-state index in [0.717, 1.165) is 33.4 Å². The first-order valence-corrected chi connectivity index (χ1v) is 9.09. The van der Waals surface area contributed by atoms with E-state index in [1.165, 1.54) is 11.3 Å². The minimum absolute atomic E-state index is 0.0422. The summed E-state index contributed by atoms with van der Waals surface area (Å²) < 4.78 is 16.2. The number of aryl methyl sites for hydroxylation is 1. The lowest BCUT2D eigenvalue weighted by atomic mass is 10.1. The third-order valence-corrected chi connectivity index (χ3v) is 5.19. The molecule has 1 aliphatic heterocycles. The lowest BCUT2D eigenvalue weighted by Gasteiger charge is -2.18. The van der Waals surface area contributed by atoms with Gasteiger partial charge in [-0.15, -0.1) is 11.3 Å². The van der Waals surface area contributed by atoms with Gasteiger partial charge < -0.3 is 18.9 Å². The molecule has 6 nitrogen and oxygen atoms in total. The Morgan fingerprint density at radius 3 is 2.73 bits per heavy atom. The average Bonchev–Trinajstić information content (AvgIpc) is 3.30. The molecule has 2 aromatic heterocycles. The molecule has 1 amide bonds. The largest absolute Gasteiger partial charge is 0.486 e. The Bertz CT molecular complexity index is 947. The molecule has 0 N–H and O–H groups in total. The summed E-state index contributed by atoms with van der Waals surface area (Å²) in [6.45, 7) is 3.36. The van der Waals surface area contributed by atoms with Crippen molar-refractivity contribution < 1.29 is 18.8 Å². The fraction of sp³-hybridized carbons (Fsp3) is 0.263. The molecular formula is C19H18N2O4S. The van der Waals surface area contributed by atoms with Crippen LogP contribution in [-0.2, 0) is 6.54 Å². The number of hydrogen-bond acceptors (Lipinski definition) is 6. The Morgan fingerprint density at radius 1 is 1.15 bits per heavy atom. The first kappa shape index (κ1) is 16.7. The first-order chi connectivity index (χ1) is 12.6. The molecule has 0 aliphatic carbocycles. The van der Waals surface area contributed by atoms with Gasteiger partial charge in [-0.25, -0.2) is 0 Å². The minimum Gasteiger partial charge on any atom is -0.486 e. The van der Waals surface area contributed by atoms with Gasteiger partial charge in [-0.2, -0.15) is 0 Å². The SMILES string of the molecule is Cc1cc(CN(C)C(=O)c2ccc(-c3ccc4c(c3)OCCO4)s2)no1. The summed E-state index contributed by atoms with van der Waals surface area (Å²) in [6, 6.07) is 11.5. The van der Waals surface area contributed by atoms with E-state index >= 15 is 0 Å². The van der Waals surface area contributed by atoms with Crippen molar-refractivity contribution in [1.82, 2.24) is 10.1 Å². The molecule has 4 rings (SSSR count). The van der Waals surface area contributed by atoms with Crippen molar-refractivity contribution in [1.29, 1.82) is 0 Å². The molecule has 1 aliphatic rings. The predicted molar refractivity (Wildman–Crippen MR) is 97.8 cm³/mol. The molecule has 134 valence electrons. The van der Waals surface area contributed by atoms with Gasteiger partial charge >= 0.3 is 0 Å². The molecule has 0 spiro atoms. The van der Waals surface area contributed by atoms with Crippen LogP contribution >= 0.6 is 11.3 Å². The molecule has 0 fully saturated rings. The molecule has 0 unspecified atom stereocenters. The second-order valence-electron chi connectivity index (χ2n) is 6.11. The number of rotatable bonds is 4. The van der Waals surface area contributed by atoms with Crippen molar-refractivity contribution in [2.24, 2.45) is 0 Å². The van der Waals surface area contributed by atoms with Crippen molar-refractivity contribution >= 4 is 17.2 Å². The molecule has 7 heteroatoms. The van der Waals surface area contributed by atoms with Crippen LogP contribution in [0.25, 0.3) is 10.4 Å². The molecule has 0 bridgehead atoms. The second kappa shape index (κ2) is 6.84. The van der Waals surface area contributed by atoms with Gasteiger partial charge in [-0.3, -0.25) is 4.79 Å². The van der Waals surface area contributed by atoms with Crippen LogP contribution in [0.5, 0.6) is 11.5 Å². The van der Waals surface area contributed by atoms with Gasteiger partial charge in [0.25, 0.3) is 5.91 Å². The van der Waals surface area contributed by atoms with Crippen molar-refractivity contribution in [2.45, 2.75) is 13.5 Å². The number of hydrogen-bond donors (Lipinski definition) is 0. The summed E-state index contributed by atoms with van der Waals surface area (Å²) in [5.41, 5.74) is 1.75. The van der Waals surface area contributed by atoms with E-state index in [9.17, 15) is 4.79 Å². The summed E-state index contributed by atoms with van der Waals surface area (Å²) in [4.78, 5) is 16.0. The molecule has 0 radical (unpaired) electrons. The lowest BCUT2D eigenvalue weighted by molar-refractivity contribution is 0.0787. The van der Waals surface area contributed by atoms with E-state index in [4.69, 9.17) is 14.0 Å². The van der Waals surface area contributed by atoms with E-state index < -0.39 is 0 Å². The van der Waals surface area contributed by atoms with Gasteiger partial charge in [-0.1, -0.05) is 5.16 Å². The molecule has 3 aromatic rings. The number of ether oxygens (including phenoxy) is 2. The van der Waals surface area contributed by atoms with Crippen LogP contribution < -0.4 is 9.47 Å². The second-order valence-corrected chi connectivity index (χ2v) is 7.20. The zero-order valence-corrected chi connectivity index (χ0v) is 15.3. The lowest BCUT2D eigenvalue weighted by Crippen LogP contribution is -2.25. The number of fused-ring (bicyclic) bond motifs is 1. The third kappa shape index (κ3) is 3.30. The number of amides is 1. The van der Waals surface area contributed by atoms with Crippen molar-refractivity contribution in [3.63, 3.8) is 0 Å². The summed E-state index contributed by atoms with van der Waals surface area (Å²) >= 11 is 1.46. The number of benzene rings is 1. The van der Waals surface area contributed by atoms with E-state index in [-0.39, 0.29) is 5.91 Å². The van der Waals surface area contributed by atoms with Gasteiger partial charge in [0.1, 0.15) is 24.7 Å². The van der Waals surface area contributed by atoms with Gasteiger partial charge in [0.2, 0.25) is 0 Å². The van der Waals surface area contributed by atoms with Gasteiger partial charge in [0, 0.05) is 18.0 Å². The summed E-state index contributed by atoms with van der Waals surface area (Å²) in [5.74, 6) is 2.20. The zero-order valence-electron chi connectivity index (χ0n) is 14.5. The molecule has 0 saturated carbocycles.